The van der Waals surface area contributed by atoms with E-state index in [-0.39, 0.29) is 11.4 Å². The highest BCUT2D eigenvalue weighted by atomic mass is 16.1. The molecule has 0 aliphatic rings. The molecule has 1 aromatic heterocycles. The normalized spacial score (nSPS) is 11.5. The van der Waals surface area contributed by atoms with Crippen LogP contribution in [-0.4, -0.2) is 21.4 Å². The lowest BCUT2D eigenvalue weighted by Crippen LogP contribution is -2.42. The van der Waals surface area contributed by atoms with Gasteiger partial charge in [-0.05, 0) is 38.5 Å². The topological polar surface area (TPSA) is 54.9 Å². The van der Waals surface area contributed by atoms with Crippen molar-refractivity contribution in [1.82, 2.24) is 15.3 Å². The summed E-state index contributed by atoms with van der Waals surface area (Å²) in [4.78, 5) is 20.5. The molecule has 4 heteroatoms. The third kappa shape index (κ3) is 2.64. The van der Waals surface area contributed by atoms with Crippen molar-refractivity contribution in [2.75, 3.05) is 0 Å². The lowest BCUT2D eigenvalue weighted by atomic mass is 10.0. The number of carbonyl (C=O) groups is 1. The molecule has 94 valence electrons. The average Bonchev–Trinajstić information content (AvgIpc) is 2.37. The van der Waals surface area contributed by atoms with Crippen LogP contribution in [-0.2, 0) is 0 Å². The van der Waals surface area contributed by atoms with E-state index in [4.69, 9.17) is 0 Å². The van der Waals surface area contributed by atoms with Crippen LogP contribution in [0.25, 0.3) is 11.0 Å². The molecule has 18 heavy (non-hydrogen) atoms. The van der Waals surface area contributed by atoms with Gasteiger partial charge in [0.05, 0.1) is 11.0 Å². The second-order valence-electron chi connectivity index (χ2n) is 4.95. The fraction of sp³-hybridized carbons (Fsp3) is 0.357. The van der Waals surface area contributed by atoms with Gasteiger partial charge < -0.3 is 5.32 Å². The molecule has 0 saturated carbocycles. The fourth-order valence-corrected chi connectivity index (χ4v) is 1.57. The van der Waals surface area contributed by atoms with E-state index in [2.05, 4.69) is 15.3 Å². The molecular formula is C14H17N3O. The standard InChI is InChI=1S/C14H17N3O/c1-4-14(2,3)17-13(18)10-5-6-11-12(9-10)16-8-7-15-11/h5-9H,4H2,1-3H3,(H,17,18). The molecule has 1 aromatic carbocycles. The molecule has 0 saturated heterocycles. The van der Waals surface area contributed by atoms with Crippen LogP contribution in [0.4, 0.5) is 0 Å². The minimum Gasteiger partial charge on any atom is -0.347 e. The van der Waals surface area contributed by atoms with E-state index in [1.807, 2.05) is 26.8 Å². The van der Waals surface area contributed by atoms with Crippen LogP contribution in [0.5, 0.6) is 0 Å². The Kier molecular flexibility index (Phi) is 3.28. The predicted molar refractivity (Wildman–Crippen MR) is 71.4 cm³/mol. The monoisotopic (exact) mass is 243 g/mol. The summed E-state index contributed by atoms with van der Waals surface area (Å²) in [6, 6.07) is 5.36. The minimum atomic E-state index is -0.200. The third-order valence-corrected chi connectivity index (χ3v) is 3.07. The van der Waals surface area contributed by atoms with Crippen LogP contribution in [0, 0.1) is 0 Å². The number of nitrogens with one attached hydrogen (secondary N) is 1. The Labute approximate surface area is 106 Å². The van der Waals surface area contributed by atoms with Crippen molar-refractivity contribution < 1.29 is 4.79 Å². The van der Waals surface area contributed by atoms with Crippen LogP contribution in [0.2, 0.25) is 0 Å². The van der Waals surface area contributed by atoms with E-state index in [0.29, 0.717) is 5.56 Å². The minimum absolute atomic E-state index is 0.0746. The molecule has 1 N–H and O–H groups in total. The molecule has 0 aliphatic carbocycles. The maximum atomic E-state index is 12.1. The molecule has 0 fully saturated rings. The molecule has 0 unspecified atom stereocenters. The van der Waals surface area contributed by atoms with Gasteiger partial charge in [-0.1, -0.05) is 6.92 Å². The van der Waals surface area contributed by atoms with Crippen LogP contribution >= 0.6 is 0 Å². The van der Waals surface area contributed by atoms with E-state index in [9.17, 15) is 4.79 Å². The molecule has 1 heterocycles. The van der Waals surface area contributed by atoms with Crippen LogP contribution in [0.3, 0.4) is 0 Å². The summed E-state index contributed by atoms with van der Waals surface area (Å²) in [7, 11) is 0. The van der Waals surface area contributed by atoms with Gasteiger partial charge in [0.25, 0.3) is 5.91 Å². The first-order valence-corrected chi connectivity index (χ1v) is 6.05. The largest absolute Gasteiger partial charge is 0.347 e. The molecule has 0 spiro atoms. The summed E-state index contributed by atoms with van der Waals surface area (Å²) < 4.78 is 0. The maximum absolute atomic E-state index is 12.1. The van der Waals surface area contributed by atoms with Crippen LogP contribution in [0.15, 0.2) is 30.6 Å². The quantitative estimate of drug-likeness (QED) is 0.901. The summed E-state index contributed by atoms with van der Waals surface area (Å²) in [6.07, 6.45) is 4.15. The van der Waals surface area contributed by atoms with Crippen molar-refractivity contribution >= 4 is 16.9 Å². The summed E-state index contributed by atoms with van der Waals surface area (Å²) in [6.45, 7) is 6.06. The Morgan fingerprint density at radius 3 is 2.56 bits per heavy atom. The van der Waals surface area contributed by atoms with Gasteiger partial charge in [-0.25, -0.2) is 0 Å². The van der Waals surface area contributed by atoms with E-state index in [1.165, 1.54) is 0 Å². The number of aromatic nitrogens is 2. The first-order valence-electron chi connectivity index (χ1n) is 6.05. The molecule has 0 bridgehead atoms. The zero-order chi connectivity index (χ0) is 13.2. The van der Waals surface area contributed by atoms with Gasteiger partial charge in [0.1, 0.15) is 0 Å². The van der Waals surface area contributed by atoms with Gasteiger partial charge in [-0.3, -0.25) is 14.8 Å². The first-order chi connectivity index (χ1) is 8.52. The van der Waals surface area contributed by atoms with Gasteiger partial charge >= 0.3 is 0 Å². The Balaban J connectivity index is 2.28. The van der Waals surface area contributed by atoms with Gasteiger partial charge in [0, 0.05) is 23.5 Å². The van der Waals surface area contributed by atoms with Crippen molar-refractivity contribution in [3.63, 3.8) is 0 Å². The number of nitrogens with zero attached hydrogens (tertiary/aromatic N) is 2. The Morgan fingerprint density at radius 1 is 1.22 bits per heavy atom. The predicted octanol–water partition coefficient (Wildman–Crippen LogP) is 2.55. The van der Waals surface area contributed by atoms with E-state index < -0.39 is 0 Å². The lowest BCUT2D eigenvalue weighted by molar-refractivity contribution is 0.0911. The summed E-state index contributed by atoms with van der Waals surface area (Å²) in [5.74, 6) is -0.0746. The molecule has 1 amide bonds. The number of rotatable bonds is 3. The van der Waals surface area contributed by atoms with Crippen LogP contribution in [0.1, 0.15) is 37.6 Å². The number of amides is 1. The highest BCUT2D eigenvalue weighted by Crippen LogP contribution is 2.13. The fourth-order valence-electron chi connectivity index (χ4n) is 1.57. The van der Waals surface area contributed by atoms with E-state index in [1.54, 1.807) is 24.5 Å². The number of carbonyl (C=O) groups excluding carboxylic acids is 1. The van der Waals surface area contributed by atoms with Crippen molar-refractivity contribution in [2.24, 2.45) is 0 Å². The number of fused-ring (bicyclic) bond motifs is 1. The van der Waals surface area contributed by atoms with Gasteiger partial charge in [0.2, 0.25) is 0 Å². The van der Waals surface area contributed by atoms with Gasteiger partial charge in [0.15, 0.2) is 0 Å². The van der Waals surface area contributed by atoms with Crippen molar-refractivity contribution in [2.45, 2.75) is 32.7 Å². The highest BCUT2D eigenvalue weighted by molar-refractivity contribution is 5.97. The van der Waals surface area contributed by atoms with Crippen molar-refractivity contribution in [1.29, 1.82) is 0 Å². The SMILES string of the molecule is CCC(C)(C)NC(=O)c1ccc2nccnc2c1. The number of hydrogen-bond donors (Lipinski definition) is 1. The van der Waals surface area contributed by atoms with Gasteiger partial charge in [-0.2, -0.15) is 0 Å². The van der Waals surface area contributed by atoms with E-state index >= 15 is 0 Å². The third-order valence-electron chi connectivity index (χ3n) is 3.07. The molecule has 4 nitrogen and oxygen atoms in total. The Bertz CT molecular complexity index is 578. The zero-order valence-corrected chi connectivity index (χ0v) is 10.9. The molecule has 2 rings (SSSR count). The van der Waals surface area contributed by atoms with Crippen molar-refractivity contribution in [3.8, 4) is 0 Å². The zero-order valence-electron chi connectivity index (χ0n) is 10.9. The maximum Gasteiger partial charge on any atom is 0.251 e. The lowest BCUT2D eigenvalue weighted by Gasteiger charge is -2.24. The Hall–Kier alpha value is -1.97. The summed E-state index contributed by atoms with van der Waals surface area (Å²) in [5, 5.41) is 3.00. The smallest absolute Gasteiger partial charge is 0.251 e. The highest BCUT2D eigenvalue weighted by Gasteiger charge is 2.18. The van der Waals surface area contributed by atoms with Gasteiger partial charge in [-0.15, -0.1) is 0 Å². The molecule has 0 radical (unpaired) electrons. The molecule has 0 atom stereocenters. The average molecular weight is 243 g/mol. The second-order valence-corrected chi connectivity index (χ2v) is 4.95. The summed E-state index contributed by atoms with van der Waals surface area (Å²) in [5.41, 5.74) is 1.95. The molecule has 0 aliphatic heterocycles. The molecule has 2 aromatic rings. The molecular weight excluding hydrogens is 226 g/mol. The number of hydrogen-bond acceptors (Lipinski definition) is 3. The number of benzene rings is 1. The van der Waals surface area contributed by atoms with E-state index in [0.717, 1.165) is 17.5 Å². The summed E-state index contributed by atoms with van der Waals surface area (Å²) >= 11 is 0. The van der Waals surface area contributed by atoms with Crippen molar-refractivity contribution in [3.05, 3.63) is 36.2 Å². The van der Waals surface area contributed by atoms with Crippen LogP contribution < -0.4 is 5.32 Å². The Morgan fingerprint density at radius 2 is 1.89 bits per heavy atom. The second kappa shape index (κ2) is 4.72. The first kappa shape index (κ1) is 12.5.